The number of rotatable bonds is 3. The maximum absolute atomic E-state index is 12.0. The van der Waals surface area contributed by atoms with Gasteiger partial charge in [-0.1, -0.05) is 12.1 Å². The molecule has 1 heterocycles. The van der Waals surface area contributed by atoms with Gasteiger partial charge in [0.25, 0.3) is 0 Å². The van der Waals surface area contributed by atoms with Crippen LogP contribution in [-0.4, -0.2) is 18.6 Å². The zero-order valence-corrected chi connectivity index (χ0v) is 9.32. The molecule has 1 amide bonds. The van der Waals surface area contributed by atoms with Gasteiger partial charge in [-0.25, -0.2) is 0 Å². The van der Waals surface area contributed by atoms with E-state index in [4.69, 9.17) is 0 Å². The van der Waals surface area contributed by atoms with E-state index in [1.165, 1.54) is 12.1 Å². The van der Waals surface area contributed by atoms with Crippen LogP contribution in [-0.2, 0) is 4.79 Å². The van der Waals surface area contributed by atoms with Crippen LogP contribution in [0.15, 0.2) is 24.3 Å². The Hall–Kier alpha value is -1.65. The van der Waals surface area contributed by atoms with Crippen LogP contribution in [0.5, 0.6) is 5.75 Å². The van der Waals surface area contributed by atoms with Crippen molar-refractivity contribution in [2.45, 2.75) is 31.9 Å². The van der Waals surface area contributed by atoms with Gasteiger partial charge in [0.05, 0.1) is 0 Å². The van der Waals surface area contributed by atoms with Crippen LogP contribution in [0, 0.1) is 0 Å². The Morgan fingerprint density at radius 3 is 2.47 bits per heavy atom. The minimum atomic E-state index is -2.81. The fourth-order valence-corrected chi connectivity index (χ4v) is 2.09. The van der Waals surface area contributed by atoms with Crippen molar-refractivity contribution in [2.75, 3.05) is 0 Å². The number of halogens is 2. The zero-order chi connectivity index (χ0) is 12.4. The summed E-state index contributed by atoms with van der Waals surface area (Å²) in [6.45, 7) is -0.881. The van der Waals surface area contributed by atoms with Gasteiger partial charge in [-0.3, -0.25) is 4.79 Å². The monoisotopic (exact) mass is 241 g/mol. The van der Waals surface area contributed by atoms with Gasteiger partial charge in [0.15, 0.2) is 0 Å². The summed E-state index contributed by atoms with van der Waals surface area (Å²) in [7, 11) is 0. The number of amides is 1. The summed E-state index contributed by atoms with van der Waals surface area (Å²) < 4.78 is 28.2. The Bertz CT molecular complexity index is 405. The smallest absolute Gasteiger partial charge is 0.387 e. The molecule has 1 aromatic rings. The van der Waals surface area contributed by atoms with Crippen LogP contribution >= 0.6 is 0 Å². The molecule has 5 heteroatoms. The van der Waals surface area contributed by atoms with E-state index in [2.05, 4.69) is 10.1 Å². The van der Waals surface area contributed by atoms with E-state index >= 15 is 0 Å². The predicted molar refractivity (Wildman–Crippen MR) is 58.0 cm³/mol. The molecule has 2 atom stereocenters. The van der Waals surface area contributed by atoms with Gasteiger partial charge in [0.2, 0.25) is 5.91 Å². The SMILES string of the molecule is CC1NC(=O)CC1c1ccc(OC(F)F)cc1. The Balaban J connectivity index is 2.10. The normalized spacial score (nSPS) is 23.9. The second kappa shape index (κ2) is 4.69. The average Bonchev–Trinajstić information content (AvgIpc) is 2.58. The quantitative estimate of drug-likeness (QED) is 0.881. The highest BCUT2D eigenvalue weighted by molar-refractivity contribution is 5.80. The fourth-order valence-electron chi connectivity index (χ4n) is 2.09. The maximum Gasteiger partial charge on any atom is 0.387 e. The largest absolute Gasteiger partial charge is 0.435 e. The lowest BCUT2D eigenvalue weighted by Crippen LogP contribution is -2.24. The first kappa shape index (κ1) is 11.8. The highest BCUT2D eigenvalue weighted by Gasteiger charge is 2.29. The summed E-state index contributed by atoms with van der Waals surface area (Å²) in [5.74, 6) is 0.257. The summed E-state index contributed by atoms with van der Waals surface area (Å²) in [5, 5.41) is 2.82. The Kier molecular flexibility index (Phi) is 3.26. The second-order valence-corrected chi connectivity index (χ2v) is 4.11. The predicted octanol–water partition coefficient (Wildman–Crippen LogP) is 2.28. The van der Waals surface area contributed by atoms with Crippen LogP contribution in [0.2, 0.25) is 0 Å². The molecule has 0 spiro atoms. The fraction of sp³-hybridized carbons (Fsp3) is 0.417. The topological polar surface area (TPSA) is 38.3 Å². The molecular weight excluding hydrogens is 228 g/mol. The van der Waals surface area contributed by atoms with E-state index in [0.717, 1.165) is 5.56 Å². The molecule has 1 N–H and O–H groups in total. The van der Waals surface area contributed by atoms with Crippen molar-refractivity contribution in [3.63, 3.8) is 0 Å². The number of carbonyl (C=O) groups is 1. The van der Waals surface area contributed by atoms with Crippen LogP contribution < -0.4 is 10.1 Å². The lowest BCUT2D eigenvalue weighted by atomic mass is 9.93. The molecule has 1 saturated heterocycles. The van der Waals surface area contributed by atoms with E-state index in [-0.39, 0.29) is 23.6 Å². The van der Waals surface area contributed by atoms with Crippen molar-refractivity contribution >= 4 is 5.91 Å². The van der Waals surface area contributed by atoms with E-state index in [9.17, 15) is 13.6 Å². The van der Waals surface area contributed by atoms with Crippen LogP contribution in [0.1, 0.15) is 24.8 Å². The molecule has 1 aliphatic rings. The van der Waals surface area contributed by atoms with Crippen molar-refractivity contribution in [1.29, 1.82) is 0 Å². The van der Waals surface area contributed by atoms with Gasteiger partial charge in [0.1, 0.15) is 5.75 Å². The number of hydrogen-bond donors (Lipinski definition) is 1. The van der Waals surface area contributed by atoms with Gasteiger partial charge in [-0.2, -0.15) is 8.78 Å². The third-order valence-corrected chi connectivity index (χ3v) is 2.93. The highest BCUT2D eigenvalue weighted by Crippen LogP contribution is 2.29. The van der Waals surface area contributed by atoms with Gasteiger partial charge in [0, 0.05) is 18.4 Å². The lowest BCUT2D eigenvalue weighted by Gasteiger charge is -2.14. The van der Waals surface area contributed by atoms with E-state index < -0.39 is 6.61 Å². The first-order valence-corrected chi connectivity index (χ1v) is 5.40. The number of alkyl halides is 2. The van der Waals surface area contributed by atoms with Gasteiger partial charge in [-0.05, 0) is 24.6 Å². The van der Waals surface area contributed by atoms with Crippen LogP contribution in [0.25, 0.3) is 0 Å². The van der Waals surface area contributed by atoms with E-state index in [0.29, 0.717) is 6.42 Å². The number of carbonyl (C=O) groups excluding carboxylic acids is 1. The molecule has 1 fully saturated rings. The molecule has 17 heavy (non-hydrogen) atoms. The summed E-state index contributed by atoms with van der Waals surface area (Å²) in [6, 6.07) is 6.51. The Morgan fingerprint density at radius 1 is 1.35 bits per heavy atom. The van der Waals surface area contributed by atoms with Crippen LogP contribution in [0.4, 0.5) is 8.78 Å². The molecule has 0 aliphatic carbocycles. The van der Waals surface area contributed by atoms with Crippen molar-refractivity contribution in [3.8, 4) is 5.75 Å². The zero-order valence-electron chi connectivity index (χ0n) is 9.32. The molecule has 92 valence electrons. The van der Waals surface area contributed by atoms with Crippen molar-refractivity contribution in [3.05, 3.63) is 29.8 Å². The van der Waals surface area contributed by atoms with Gasteiger partial charge >= 0.3 is 6.61 Å². The Labute approximate surface area is 97.8 Å². The van der Waals surface area contributed by atoms with Gasteiger partial charge < -0.3 is 10.1 Å². The molecule has 0 aromatic heterocycles. The molecule has 2 rings (SSSR count). The molecule has 3 nitrogen and oxygen atoms in total. The van der Waals surface area contributed by atoms with Crippen LogP contribution in [0.3, 0.4) is 0 Å². The van der Waals surface area contributed by atoms with Gasteiger partial charge in [-0.15, -0.1) is 0 Å². The summed E-state index contributed by atoms with van der Waals surface area (Å²) in [4.78, 5) is 11.2. The van der Waals surface area contributed by atoms with Crippen molar-refractivity contribution in [1.82, 2.24) is 5.32 Å². The molecule has 1 aliphatic heterocycles. The molecule has 0 radical (unpaired) electrons. The lowest BCUT2D eigenvalue weighted by molar-refractivity contribution is -0.119. The molecular formula is C12H13F2NO2. The number of ether oxygens (including phenoxy) is 1. The average molecular weight is 241 g/mol. The van der Waals surface area contributed by atoms with E-state index in [1.54, 1.807) is 12.1 Å². The molecule has 2 unspecified atom stereocenters. The Morgan fingerprint density at radius 2 is 2.00 bits per heavy atom. The third-order valence-electron chi connectivity index (χ3n) is 2.93. The number of hydrogen-bond acceptors (Lipinski definition) is 2. The first-order valence-electron chi connectivity index (χ1n) is 5.40. The van der Waals surface area contributed by atoms with Crippen molar-refractivity contribution in [2.24, 2.45) is 0 Å². The molecule has 1 aromatic carbocycles. The first-order chi connectivity index (χ1) is 8.06. The minimum Gasteiger partial charge on any atom is -0.435 e. The van der Waals surface area contributed by atoms with Crippen molar-refractivity contribution < 1.29 is 18.3 Å². The summed E-state index contributed by atoms with van der Waals surface area (Å²) >= 11 is 0. The second-order valence-electron chi connectivity index (χ2n) is 4.11. The summed E-state index contributed by atoms with van der Waals surface area (Å²) in [6.07, 6.45) is 0.441. The standard InChI is InChI=1S/C12H13F2NO2/c1-7-10(6-11(16)15-7)8-2-4-9(5-3-8)17-12(13)14/h2-5,7,10,12H,6H2,1H3,(H,15,16). The number of benzene rings is 1. The van der Waals surface area contributed by atoms with E-state index in [1.807, 2.05) is 6.92 Å². The number of nitrogens with one attached hydrogen (secondary N) is 1. The molecule has 0 bridgehead atoms. The minimum absolute atomic E-state index is 0.0235. The molecule has 0 saturated carbocycles. The maximum atomic E-state index is 12.0. The summed E-state index contributed by atoms with van der Waals surface area (Å²) in [5.41, 5.74) is 0.956. The third kappa shape index (κ3) is 2.72. The highest BCUT2D eigenvalue weighted by atomic mass is 19.3.